The summed E-state index contributed by atoms with van der Waals surface area (Å²) in [6.07, 6.45) is 5.30. The van der Waals surface area contributed by atoms with Gasteiger partial charge in [-0.1, -0.05) is 34.1 Å². The second-order valence-corrected chi connectivity index (χ2v) is 12.5. The van der Waals surface area contributed by atoms with Crippen molar-refractivity contribution in [2.45, 2.75) is 105 Å². The zero-order chi connectivity index (χ0) is 31.6. The molecule has 2 saturated heterocycles. The molecule has 0 saturated carbocycles. The van der Waals surface area contributed by atoms with Gasteiger partial charge in [-0.15, -0.1) is 12.4 Å². The Morgan fingerprint density at radius 2 is 1.55 bits per heavy atom. The summed E-state index contributed by atoms with van der Waals surface area (Å²) < 4.78 is 0. The van der Waals surface area contributed by atoms with Gasteiger partial charge in [0.15, 0.2) is 0 Å². The molecule has 0 radical (unpaired) electrons. The van der Waals surface area contributed by atoms with Gasteiger partial charge in [0.05, 0.1) is 5.70 Å². The largest absolute Gasteiger partial charge is 0.481 e. The van der Waals surface area contributed by atoms with Gasteiger partial charge in [-0.25, -0.2) is 0 Å². The lowest BCUT2D eigenvalue weighted by atomic mass is 9.86. The fraction of sp³-hybridized carbons (Fsp3) is 0.606. The first-order valence-electron chi connectivity index (χ1n) is 15.6. The van der Waals surface area contributed by atoms with Gasteiger partial charge >= 0.3 is 11.9 Å². The first kappa shape index (κ1) is 35.1. The van der Waals surface area contributed by atoms with Crippen LogP contribution in [0.1, 0.15) is 95.7 Å². The number of nitrogens with one attached hydrogen (secondary N) is 3. The van der Waals surface area contributed by atoms with Crippen LogP contribution >= 0.6 is 12.4 Å². The van der Waals surface area contributed by atoms with Crippen LogP contribution in [-0.2, 0) is 32.0 Å². The van der Waals surface area contributed by atoms with Gasteiger partial charge in [0, 0.05) is 66.7 Å². The summed E-state index contributed by atoms with van der Waals surface area (Å²) in [4.78, 5) is 56.5. The van der Waals surface area contributed by atoms with Crippen molar-refractivity contribution in [1.82, 2.24) is 15.6 Å². The highest BCUT2D eigenvalue weighted by Crippen LogP contribution is 2.37. The number of H-pyrrole nitrogens is 1. The Labute approximate surface area is 265 Å². The van der Waals surface area contributed by atoms with Crippen LogP contribution in [0.15, 0.2) is 21.8 Å². The summed E-state index contributed by atoms with van der Waals surface area (Å²) >= 11 is 0. The Balaban J connectivity index is 0.00000529. The lowest BCUT2D eigenvalue weighted by molar-refractivity contribution is -0.138. The van der Waals surface area contributed by atoms with Crippen molar-refractivity contribution in [2.75, 3.05) is 0 Å². The normalized spacial score (nSPS) is 27.4. The maximum atomic E-state index is 12.5. The number of nitrogens with zero attached hydrogens (tertiary/aromatic N) is 1. The fourth-order valence-corrected chi connectivity index (χ4v) is 7.23. The van der Waals surface area contributed by atoms with E-state index >= 15 is 0 Å². The first-order valence-corrected chi connectivity index (χ1v) is 15.6. The predicted molar refractivity (Wildman–Crippen MR) is 172 cm³/mol. The molecule has 1 aromatic rings. The lowest BCUT2D eigenvalue weighted by Gasteiger charge is -2.19. The number of carbonyl (C=O) groups is 4. The molecule has 11 heteroatoms. The molecule has 0 spiro atoms. The van der Waals surface area contributed by atoms with Crippen LogP contribution in [0.25, 0.3) is 6.08 Å². The average molecular weight is 631 g/mol. The number of amides is 2. The summed E-state index contributed by atoms with van der Waals surface area (Å²) in [6, 6.07) is -0.0650. The van der Waals surface area contributed by atoms with Crippen molar-refractivity contribution in [1.29, 1.82) is 0 Å². The zero-order valence-electron chi connectivity index (χ0n) is 26.6. The molecular weight excluding hydrogens is 584 g/mol. The molecule has 4 rings (SSSR count). The molecule has 1 aromatic heterocycles. The number of hydrogen-bond acceptors (Lipinski definition) is 5. The molecule has 242 valence electrons. The summed E-state index contributed by atoms with van der Waals surface area (Å²) in [5.41, 5.74) is 6.85. The summed E-state index contributed by atoms with van der Waals surface area (Å²) in [6.45, 7) is 12.1. The molecule has 6 atom stereocenters. The molecule has 0 bridgehead atoms. The second-order valence-electron chi connectivity index (χ2n) is 12.5. The smallest absolute Gasteiger partial charge is 0.303 e. The maximum absolute atomic E-state index is 12.5. The molecule has 44 heavy (non-hydrogen) atoms. The molecule has 2 fully saturated rings. The number of halogens is 1. The third-order valence-electron chi connectivity index (χ3n) is 10.0. The Morgan fingerprint density at radius 3 is 2.14 bits per heavy atom. The number of hydrogen-bond donors (Lipinski definition) is 5. The molecule has 0 unspecified atom stereocenters. The summed E-state index contributed by atoms with van der Waals surface area (Å²) in [5.74, 6) is -1.38. The average Bonchev–Trinajstić information content (AvgIpc) is 3.59. The van der Waals surface area contributed by atoms with Crippen LogP contribution in [0, 0.1) is 30.6 Å². The van der Waals surface area contributed by atoms with E-state index in [0.717, 1.165) is 52.2 Å². The molecule has 0 aromatic carbocycles. The molecule has 4 heterocycles. The molecule has 3 aliphatic rings. The maximum Gasteiger partial charge on any atom is 0.303 e. The number of aromatic amines is 1. The van der Waals surface area contributed by atoms with Gasteiger partial charge in [-0.05, 0) is 73.3 Å². The van der Waals surface area contributed by atoms with E-state index in [-0.39, 0.29) is 72.8 Å². The van der Waals surface area contributed by atoms with Gasteiger partial charge in [0.1, 0.15) is 0 Å². The number of carboxylic acids is 2. The number of carboxylic acid groups (broad SMARTS) is 2. The van der Waals surface area contributed by atoms with Crippen LogP contribution in [0.3, 0.4) is 0 Å². The standard InChI is InChI=1S/C33H46N4O6.ClH/c1-7-20-19(6)32(42)37-27(20)14-25-18(5)23(10-12-31(40)41)29(35-25)15-28-22(9-11-30(38)39)17(4)24(34-28)13-26-16(3)21(8-2)33(43)36-26;/h15-16,19-21,26-27,34H,7-14H2,1-6H3,(H,36,43)(H,37,42)(H,38,39)(H,40,41);1H/b29-15-;/t16-,19-,20-,21-,26+,27+;/m1./s1. The lowest BCUT2D eigenvalue weighted by Crippen LogP contribution is -2.31. The molecule has 10 nitrogen and oxygen atoms in total. The van der Waals surface area contributed by atoms with Crippen LogP contribution in [0.2, 0.25) is 0 Å². The second kappa shape index (κ2) is 14.6. The predicted octanol–water partition coefficient (Wildman–Crippen LogP) is 4.99. The highest BCUT2D eigenvalue weighted by Gasteiger charge is 2.40. The van der Waals surface area contributed by atoms with E-state index in [0.29, 0.717) is 31.4 Å². The molecule has 2 amide bonds. The van der Waals surface area contributed by atoms with Crippen molar-refractivity contribution in [2.24, 2.45) is 28.7 Å². The Morgan fingerprint density at radius 1 is 0.909 bits per heavy atom. The van der Waals surface area contributed by atoms with Gasteiger partial charge in [0.25, 0.3) is 0 Å². The number of aliphatic carboxylic acids is 2. The SMILES string of the molecule is CC[C@H]1[C@H](CC2=N/C(=C\c3[nH]c(C[C@@H]4NC(=O)[C@H](CC)[C@H]4C)c(C)c3CCC(=O)O)C(CCC(=O)O)=C2C)NC(=O)[C@@H]1C.Cl. The van der Waals surface area contributed by atoms with Crippen molar-refractivity contribution in [3.05, 3.63) is 39.4 Å². The van der Waals surface area contributed by atoms with Crippen molar-refractivity contribution in [3.8, 4) is 0 Å². The fourth-order valence-electron chi connectivity index (χ4n) is 7.23. The third kappa shape index (κ3) is 7.28. The van der Waals surface area contributed by atoms with E-state index in [1.54, 1.807) is 0 Å². The number of aromatic nitrogens is 1. The van der Waals surface area contributed by atoms with Crippen molar-refractivity contribution in [3.63, 3.8) is 0 Å². The van der Waals surface area contributed by atoms with Crippen molar-refractivity contribution < 1.29 is 29.4 Å². The number of rotatable bonds is 13. The van der Waals surface area contributed by atoms with Crippen LogP contribution in [0.5, 0.6) is 0 Å². The van der Waals surface area contributed by atoms with E-state index in [9.17, 15) is 29.4 Å². The zero-order valence-corrected chi connectivity index (χ0v) is 27.4. The number of allylic oxidation sites excluding steroid dienone is 2. The molecular formula is C33H47ClN4O6. The monoisotopic (exact) mass is 630 g/mol. The van der Waals surface area contributed by atoms with E-state index < -0.39 is 11.9 Å². The van der Waals surface area contributed by atoms with Crippen LogP contribution in [0.4, 0.5) is 0 Å². The van der Waals surface area contributed by atoms with Gasteiger partial charge in [-0.2, -0.15) is 0 Å². The van der Waals surface area contributed by atoms with Crippen LogP contribution < -0.4 is 10.6 Å². The Kier molecular flexibility index (Phi) is 11.6. The number of carbonyl (C=O) groups excluding carboxylic acids is 2. The highest BCUT2D eigenvalue weighted by atomic mass is 35.5. The minimum absolute atomic E-state index is 0. The summed E-state index contributed by atoms with van der Waals surface area (Å²) in [5, 5.41) is 25.2. The molecule has 3 aliphatic heterocycles. The molecule has 5 N–H and O–H groups in total. The van der Waals surface area contributed by atoms with Gasteiger partial charge in [-0.3, -0.25) is 24.2 Å². The quantitative estimate of drug-likeness (QED) is 0.206. The summed E-state index contributed by atoms with van der Waals surface area (Å²) in [7, 11) is 0. The van der Waals surface area contributed by atoms with E-state index in [1.807, 2.05) is 33.8 Å². The third-order valence-corrected chi connectivity index (χ3v) is 10.0. The van der Waals surface area contributed by atoms with Gasteiger partial charge < -0.3 is 25.8 Å². The molecule has 0 aliphatic carbocycles. The minimum atomic E-state index is -0.894. The Hall–Kier alpha value is -3.40. The van der Waals surface area contributed by atoms with Crippen LogP contribution in [-0.4, -0.2) is 56.7 Å². The van der Waals surface area contributed by atoms with E-state index in [4.69, 9.17) is 4.99 Å². The van der Waals surface area contributed by atoms with E-state index in [2.05, 4.69) is 29.5 Å². The topological polar surface area (TPSA) is 161 Å². The van der Waals surface area contributed by atoms with Gasteiger partial charge in [0.2, 0.25) is 11.8 Å². The highest BCUT2D eigenvalue weighted by molar-refractivity contribution is 6.06. The minimum Gasteiger partial charge on any atom is -0.481 e. The number of aliphatic imine (C=N–C) groups is 1. The first-order chi connectivity index (χ1) is 20.4. The Bertz CT molecular complexity index is 1390. The van der Waals surface area contributed by atoms with Crippen molar-refractivity contribution >= 4 is 47.9 Å². The van der Waals surface area contributed by atoms with E-state index in [1.165, 1.54) is 0 Å².